The van der Waals surface area contributed by atoms with Gasteiger partial charge in [0.05, 0.1) is 18.5 Å². The monoisotopic (exact) mass is 471 g/mol. The van der Waals surface area contributed by atoms with Gasteiger partial charge in [-0.25, -0.2) is 14.8 Å². The number of fused-ring (bicyclic) bond motifs is 1. The third kappa shape index (κ3) is 6.44. The van der Waals surface area contributed by atoms with Gasteiger partial charge in [-0.15, -0.1) is 0 Å². The van der Waals surface area contributed by atoms with Crippen LogP contribution in [-0.4, -0.2) is 40.3 Å². The maximum Gasteiger partial charge on any atom is 0.412 e. The molecule has 180 valence electrons. The lowest BCUT2D eigenvalue weighted by atomic mass is 10.0. The fraction of sp³-hybridized carbons (Fsp3) is 0.259. The van der Waals surface area contributed by atoms with Gasteiger partial charge in [0.25, 0.3) is 0 Å². The normalized spacial score (nSPS) is 11.2. The molecule has 0 bridgehead atoms. The summed E-state index contributed by atoms with van der Waals surface area (Å²) in [4.78, 5) is 25.7. The lowest BCUT2D eigenvalue weighted by Gasteiger charge is -2.20. The van der Waals surface area contributed by atoms with Gasteiger partial charge in [0.2, 0.25) is 5.95 Å². The van der Waals surface area contributed by atoms with Crippen LogP contribution in [0.5, 0.6) is 5.75 Å². The van der Waals surface area contributed by atoms with Gasteiger partial charge in [0, 0.05) is 36.1 Å². The molecule has 4 aromatic rings. The molecule has 8 heteroatoms. The Morgan fingerprint density at radius 3 is 2.66 bits per heavy atom. The number of benzene rings is 2. The summed E-state index contributed by atoms with van der Waals surface area (Å²) in [5, 5.41) is 7.93. The van der Waals surface area contributed by atoms with E-state index >= 15 is 0 Å². The van der Waals surface area contributed by atoms with Crippen LogP contribution in [0.15, 0.2) is 67.1 Å². The van der Waals surface area contributed by atoms with Crippen LogP contribution in [0.25, 0.3) is 22.0 Å². The first-order valence-electron chi connectivity index (χ1n) is 11.4. The van der Waals surface area contributed by atoms with Gasteiger partial charge >= 0.3 is 6.09 Å². The van der Waals surface area contributed by atoms with E-state index in [4.69, 9.17) is 9.47 Å². The van der Waals surface area contributed by atoms with Crippen molar-refractivity contribution in [3.8, 4) is 17.0 Å². The molecule has 0 saturated carbocycles. The Hall–Kier alpha value is -4.20. The van der Waals surface area contributed by atoms with Crippen LogP contribution in [0.1, 0.15) is 26.3 Å². The van der Waals surface area contributed by atoms with Gasteiger partial charge in [-0.1, -0.05) is 12.1 Å². The number of nitrogens with zero attached hydrogens (tertiary/aromatic N) is 3. The molecule has 0 unspecified atom stereocenters. The number of rotatable bonds is 7. The van der Waals surface area contributed by atoms with Crippen LogP contribution in [0, 0.1) is 0 Å². The van der Waals surface area contributed by atoms with Gasteiger partial charge in [0.15, 0.2) is 0 Å². The maximum atomic E-state index is 12.6. The number of pyridine rings is 1. The molecular formula is C27H29N5O3. The van der Waals surface area contributed by atoms with E-state index in [9.17, 15) is 4.79 Å². The Kier molecular flexibility index (Phi) is 7.10. The molecule has 0 saturated heterocycles. The van der Waals surface area contributed by atoms with Crippen LogP contribution in [0.3, 0.4) is 0 Å². The van der Waals surface area contributed by atoms with Gasteiger partial charge < -0.3 is 14.8 Å². The second-order valence-electron chi connectivity index (χ2n) is 9.04. The van der Waals surface area contributed by atoms with Gasteiger partial charge in [-0.3, -0.25) is 10.3 Å². The first-order valence-corrected chi connectivity index (χ1v) is 11.4. The van der Waals surface area contributed by atoms with Crippen molar-refractivity contribution in [2.45, 2.75) is 32.8 Å². The quantitative estimate of drug-likeness (QED) is 0.357. The van der Waals surface area contributed by atoms with Crippen molar-refractivity contribution in [1.29, 1.82) is 0 Å². The Morgan fingerprint density at radius 2 is 1.91 bits per heavy atom. The van der Waals surface area contributed by atoms with Crippen molar-refractivity contribution in [3.05, 3.63) is 72.7 Å². The van der Waals surface area contributed by atoms with E-state index in [0.29, 0.717) is 23.9 Å². The number of nitrogens with one attached hydrogen (secondary N) is 2. The molecule has 2 aromatic carbocycles. The fourth-order valence-electron chi connectivity index (χ4n) is 3.60. The fourth-order valence-corrected chi connectivity index (χ4v) is 3.60. The van der Waals surface area contributed by atoms with Crippen LogP contribution in [0.4, 0.5) is 16.4 Å². The molecule has 4 rings (SSSR count). The molecule has 35 heavy (non-hydrogen) atoms. The topological polar surface area (TPSA) is 98.3 Å². The standard InChI is InChI=1S/C27H29N5O3/c1-27(2,3)35-26(33)32-24-15-20(14-19-7-8-21(34-4)16-22(19)24)23-10-13-30-25(31-23)29-12-9-18-6-5-11-28-17-18/h5-8,10-11,13-17H,9,12H2,1-4H3,(H,32,33)(H,29,30,31). The summed E-state index contributed by atoms with van der Waals surface area (Å²) in [6, 6.07) is 15.4. The van der Waals surface area contributed by atoms with Gasteiger partial charge in [-0.2, -0.15) is 0 Å². The van der Waals surface area contributed by atoms with E-state index in [1.54, 1.807) is 19.5 Å². The molecule has 2 aromatic heterocycles. The first-order chi connectivity index (χ1) is 16.8. The van der Waals surface area contributed by atoms with Crippen LogP contribution in [-0.2, 0) is 11.2 Å². The number of hydrogen-bond donors (Lipinski definition) is 2. The van der Waals surface area contributed by atoms with Crippen molar-refractivity contribution >= 4 is 28.5 Å². The zero-order chi connectivity index (χ0) is 24.8. The predicted octanol–water partition coefficient (Wildman–Crippen LogP) is 5.70. The number of anilines is 2. The summed E-state index contributed by atoms with van der Waals surface area (Å²) < 4.78 is 10.9. The third-order valence-electron chi connectivity index (χ3n) is 5.17. The van der Waals surface area contributed by atoms with Crippen molar-refractivity contribution in [1.82, 2.24) is 15.0 Å². The molecule has 0 atom stereocenters. The molecule has 8 nitrogen and oxygen atoms in total. The van der Waals surface area contributed by atoms with Crippen LogP contribution < -0.4 is 15.4 Å². The Morgan fingerprint density at radius 1 is 1.06 bits per heavy atom. The maximum absolute atomic E-state index is 12.6. The SMILES string of the molecule is COc1ccc2cc(-c3ccnc(NCCc4cccnc4)n3)cc(NC(=O)OC(C)(C)C)c2c1. The van der Waals surface area contributed by atoms with Crippen molar-refractivity contribution < 1.29 is 14.3 Å². The van der Waals surface area contributed by atoms with E-state index in [1.165, 1.54) is 0 Å². The third-order valence-corrected chi connectivity index (χ3v) is 5.17. The summed E-state index contributed by atoms with van der Waals surface area (Å²) in [5.41, 5.74) is 2.70. The van der Waals surface area contributed by atoms with Gasteiger partial charge in [-0.05, 0) is 74.5 Å². The minimum Gasteiger partial charge on any atom is -0.497 e. The summed E-state index contributed by atoms with van der Waals surface area (Å²) >= 11 is 0. The molecule has 0 fully saturated rings. The number of amides is 1. The second kappa shape index (κ2) is 10.4. The van der Waals surface area contributed by atoms with Crippen LogP contribution in [0.2, 0.25) is 0 Å². The molecule has 0 spiro atoms. The largest absolute Gasteiger partial charge is 0.497 e. The molecule has 2 heterocycles. The van der Waals surface area contributed by atoms with Crippen molar-refractivity contribution in [2.75, 3.05) is 24.3 Å². The van der Waals surface area contributed by atoms with Crippen LogP contribution >= 0.6 is 0 Å². The van der Waals surface area contributed by atoms with E-state index < -0.39 is 11.7 Å². The Balaban J connectivity index is 1.62. The van der Waals surface area contributed by atoms with E-state index in [1.807, 2.05) is 75.5 Å². The van der Waals surface area contributed by atoms with Gasteiger partial charge in [0.1, 0.15) is 11.4 Å². The molecule has 0 aliphatic carbocycles. The van der Waals surface area contributed by atoms with E-state index in [2.05, 4.69) is 25.6 Å². The molecule has 1 amide bonds. The molecule has 0 radical (unpaired) electrons. The molecule has 0 aliphatic heterocycles. The Bertz CT molecular complexity index is 1320. The van der Waals surface area contributed by atoms with E-state index in [-0.39, 0.29) is 0 Å². The highest BCUT2D eigenvalue weighted by atomic mass is 16.6. The highest BCUT2D eigenvalue weighted by Crippen LogP contribution is 2.33. The number of aromatic nitrogens is 3. The summed E-state index contributed by atoms with van der Waals surface area (Å²) in [6.07, 6.45) is 5.60. The lowest BCUT2D eigenvalue weighted by Crippen LogP contribution is -2.27. The zero-order valence-corrected chi connectivity index (χ0v) is 20.3. The highest BCUT2D eigenvalue weighted by Gasteiger charge is 2.18. The van der Waals surface area contributed by atoms with Crippen molar-refractivity contribution in [3.63, 3.8) is 0 Å². The number of hydrogen-bond acceptors (Lipinski definition) is 7. The summed E-state index contributed by atoms with van der Waals surface area (Å²) in [5.74, 6) is 1.22. The molecule has 2 N–H and O–H groups in total. The lowest BCUT2D eigenvalue weighted by molar-refractivity contribution is 0.0636. The average Bonchev–Trinajstić information content (AvgIpc) is 2.83. The smallest absolute Gasteiger partial charge is 0.412 e. The second-order valence-corrected chi connectivity index (χ2v) is 9.04. The first kappa shape index (κ1) is 23.9. The number of ether oxygens (including phenoxy) is 2. The average molecular weight is 472 g/mol. The predicted molar refractivity (Wildman–Crippen MR) is 138 cm³/mol. The molecule has 0 aliphatic rings. The minimum absolute atomic E-state index is 0.529. The minimum atomic E-state index is -0.613. The number of carbonyl (C=O) groups is 1. The van der Waals surface area contributed by atoms with E-state index in [0.717, 1.165) is 34.0 Å². The Labute approximate surface area is 204 Å². The highest BCUT2D eigenvalue weighted by molar-refractivity contribution is 6.03. The number of methoxy groups -OCH3 is 1. The molecular weight excluding hydrogens is 442 g/mol. The zero-order valence-electron chi connectivity index (χ0n) is 20.3. The summed E-state index contributed by atoms with van der Waals surface area (Å²) in [7, 11) is 1.61. The number of carbonyl (C=O) groups excluding carboxylic acids is 1. The summed E-state index contributed by atoms with van der Waals surface area (Å²) in [6.45, 7) is 6.16. The van der Waals surface area contributed by atoms with Crippen molar-refractivity contribution in [2.24, 2.45) is 0 Å².